The smallest absolute Gasteiger partial charge is 0.102 e. The van der Waals surface area contributed by atoms with E-state index in [-0.39, 0.29) is 0 Å². The van der Waals surface area contributed by atoms with E-state index in [1.54, 1.807) is 24.7 Å². The van der Waals surface area contributed by atoms with Crippen LogP contribution in [-0.2, 0) is 6.54 Å². The molecule has 12 heavy (non-hydrogen) atoms. The largest absolute Gasteiger partial charge is 0.389 e. The van der Waals surface area contributed by atoms with Gasteiger partial charge in [0.2, 0.25) is 0 Å². The molecule has 0 spiro atoms. The van der Waals surface area contributed by atoms with Crippen LogP contribution in [-0.4, -0.2) is 20.5 Å². The zero-order valence-electron chi connectivity index (χ0n) is 7.15. The van der Waals surface area contributed by atoms with Crippen LogP contribution in [0.5, 0.6) is 0 Å². The molecule has 0 radical (unpaired) electrons. The van der Waals surface area contributed by atoms with E-state index in [0.717, 1.165) is 0 Å². The van der Waals surface area contributed by atoms with E-state index >= 15 is 0 Å². The normalized spacial score (nSPS) is 11.2. The van der Waals surface area contributed by atoms with Crippen molar-refractivity contribution in [3.05, 3.63) is 18.0 Å². The number of nitriles is 1. The lowest BCUT2D eigenvalue weighted by atomic mass is 10.1. The second kappa shape index (κ2) is 2.95. The van der Waals surface area contributed by atoms with Gasteiger partial charge in [0, 0.05) is 6.20 Å². The van der Waals surface area contributed by atoms with Gasteiger partial charge < -0.3 is 5.11 Å². The van der Waals surface area contributed by atoms with E-state index < -0.39 is 5.60 Å². The van der Waals surface area contributed by atoms with Crippen LogP contribution < -0.4 is 0 Å². The van der Waals surface area contributed by atoms with E-state index in [1.165, 1.54) is 6.20 Å². The van der Waals surface area contributed by atoms with Crippen LogP contribution in [0.15, 0.2) is 12.4 Å². The Morgan fingerprint density at radius 1 is 1.75 bits per heavy atom. The van der Waals surface area contributed by atoms with E-state index in [2.05, 4.69) is 5.10 Å². The molecule has 0 atom stereocenters. The van der Waals surface area contributed by atoms with Crippen LogP contribution >= 0.6 is 0 Å². The molecule has 1 aromatic rings. The molecule has 4 nitrogen and oxygen atoms in total. The highest BCUT2D eigenvalue weighted by Gasteiger charge is 2.13. The van der Waals surface area contributed by atoms with Gasteiger partial charge in [0.25, 0.3) is 0 Å². The molecule has 64 valence electrons. The zero-order valence-corrected chi connectivity index (χ0v) is 7.15. The predicted molar refractivity (Wildman–Crippen MR) is 43.2 cm³/mol. The molecule has 0 aromatic carbocycles. The third-order valence-corrected chi connectivity index (χ3v) is 1.31. The molecule has 0 aliphatic carbocycles. The van der Waals surface area contributed by atoms with Crippen molar-refractivity contribution in [2.75, 3.05) is 0 Å². The quantitative estimate of drug-likeness (QED) is 0.695. The van der Waals surface area contributed by atoms with Gasteiger partial charge >= 0.3 is 0 Å². The van der Waals surface area contributed by atoms with Gasteiger partial charge in [-0.05, 0) is 13.8 Å². The molecule has 1 aromatic heterocycles. The fourth-order valence-electron chi connectivity index (χ4n) is 0.904. The van der Waals surface area contributed by atoms with E-state index in [1.807, 2.05) is 6.07 Å². The number of aromatic nitrogens is 2. The van der Waals surface area contributed by atoms with Gasteiger partial charge in [-0.3, -0.25) is 4.68 Å². The Labute approximate surface area is 71.1 Å². The Morgan fingerprint density at radius 3 is 2.83 bits per heavy atom. The number of aliphatic hydroxyl groups is 1. The van der Waals surface area contributed by atoms with Gasteiger partial charge in [-0.25, -0.2) is 0 Å². The molecule has 0 fully saturated rings. The van der Waals surface area contributed by atoms with Gasteiger partial charge in [0.05, 0.1) is 23.9 Å². The maximum Gasteiger partial charge on any atom is 0.102 e. The molecule has 1 N–H and O–H groups in total. The highest BCUT2D eigenvalue weighted by atomic mass is 16.3. The average molecular weight is 165 g/mol. The highest BCUT2D eigenvalue weighted by molar-refractivity contribution is 5.21. The summed E-state index contributed by atoms with van der Waals surface area (Å²) in [6, 6.07) is 1.97. The fraction of sp³-hybridized carbons (Fsp3) is 0.500. The first-order chi connectivity index (χ1) is 5.51. The first-order valence-corrected chi connectivity index (χ1v) is 3.66. The van der Waals surface area contributed by atoms with Crippen LogP contribution in [0.4, 0.5) is 0 Å². The molecule has 0 aliphatic rings. The van der Waals surface area contributed by atoms with Gasteiger partial charge in [-0.1, -0.05) is 0 Å². The number of hydrogen-bond donors (Lipinski definition) is 1. The molecule has 0 aliphatic heterocycles. The summed E-state index contributed by atoms with van der Waals surface area (Å²) in [5.74, 6) is 0. The summed E-state index contributed by atoms with van der Waals surface area (Å²) in [6.07, 6.45) is 3.09. The van der Waals surface area contributed by atoms with Crippen LogP contribution in [0.3, 0.4) is 0 Å². The standard InChI is InChI=1S/C8H11N3O/c1-8(2,12)6-11-5-7(3-9)4-10-11/h4-5,12H,6H2,1-2H3. The van der Waals surface area contributed by atoms with Crippen molar-refractivity contribution in [1.29, 1.82) is 5.26 Å². The van der Waals surface area contributed by atoms with Gasteiger partial charge in [-0.15, -0.1) is 0 Å². The van der Waals surface area contributed by atoms with Crippen LogP contribution in [0, 0.1) is 11.3 Å². The third-order valence-electron chi connectivity index (χ3n) is 1.31. The fourth-order valence-corrected chi connectivity index (χ4v) is 0.904. The van der Waals surface area contributed by atoms with Crippen molar-refractivity contribution in [3.8, 4) is 6.07 Å². The lowest BCUT2D eigenvalue weighted by Crippen LogP contribution is -2.26. The molecule has 1 rings (SSSR count). The van der Waals surface area contributed by atoms with Crippen molar-refractivity contribution in [2.45, 2.75) is 26.0 Å². The molecule has 0 unspecified atom stereocenters. The Balaban J connectivity index is 2.72. The van der Waals surface area contributed by atoms with E-state index in [4.69, 9.17) is 5.26 Å². The molecule has 0 amide bonds. The molecule has 0 saturated heterocycles. The maximum absolute atomic E-state index is 9.41. The van der Waals surface area contributed by atoms with Crippen molar-refractivity contribution < 1.29 is 5.11 Å². The monoisotopic (exact) mass is 165 g/mol. The summed E-state index contributed by atoms with van der Waals surface area (Å²) >= 11 is 0. The second-order valence-electron chi connectivity index (χ2n) is 3.35. The molecule has 0 saturated carbocycles. The van der Waals surface area contributed by atoms with Crippen molar-refractivity contribution >= 4 is 0 Å². The number of hydrogen-bond acceptors (Lipinski definition) is 3. The Morgan fingerprint density at radius 2 is 2.42 bits per heavy atom. The van der Waals surface area contributed by atoms with Crippen LogP contribution in [0.1, 0.15) is 19.4 Å². The van der Waals surface area contributed by atoms with Crippen LogP contribution in [0.25, 0.3) is 0 Å². The Bertz CT molecular complexity index is 303. The molecule has 1 heterocycles. The first kappa shape index (κ1) is 8.75. The maximum atomic E-state index is 9.41. The lowest BCUT2D eigenvalue weighted by molar-refractivity contribution is 0.0577. The van der Waals surface area contributed by atoms with E-state index in [0.29, 0.717) is 12.1 Å². The topological polar surface area (TPSA) is 61.8 Å². The Kier molecular flexibility index (Phi) is 2.15. The van der Waals surface area contributed by atoms with E-state index in [9.17, 15) is 5.11 Å². The second-order valence-corrected chi connectivity index (χ2v) is 3.35. The average Bonchev–Trinajstić information content (AvgIpc) is 2.32. The summed E-state index contributed by atoms with van der Waals surface area (Å²) in [5, 5.41) is 21.8. The summed E-state index contributed by atoms with van der Waals surface area (Å²) in [4.78, 5) is 0. The molecule has 4 heteroatoms. The van der Waals surface area contributed by atoms with Crippen LogP contribution in [0.2, 0.25) is 0 Å². The summed E-state index contributed by atoms with van der Waals surface area (Å²) in [6.45, 7) is 3.79. The molecule has 0 bridgehead atoms. The summed E-state index contributed by atoms with van der Waals surface area (Å²) in [7, 11) is 0. The Hall–Kier alpha value is -1.34. The zero-order chi connectivity index (χ0) is 9.19. The number of nitrogens with zero attached hydrogens (tertiary/aromatic N) is 3. The SMILES string of the molecule is CC(C)(O)Cn1cc(C#N)cn1. The summed E-state index contributed by atoms with van der Waals surface area (Å²) < 4.78 is 1.55. The van der Waals surface area contributed by atoms with Crippen molar-refractivity contribution in [3.63, 3.8) is 0 Å². The predicted octanol–water partition coefficient (Wildman–Crippen LogP) is 0.526. The minimum atomic E-state index is -0.793. The van der Waals surface area contributed by atoms with Gasteiger partial charge in [0.15, 0.2) is 0 Å². The minimum Gasteiger partial charge on any atom is -0.389 e. The van der Waals surface area contributed by atoms with Crippen molar-refractivity contribution in [1.82, 2.24) is 9.78 Å². The van der Waals surface area contributed by atoms with Gasteiger partial charge in [0.1, 0.15) is 6.07 Å². The number of rotatable bonds is 2. The molecular formula is C8H11N3O. The third kappa shape index (κ3) is 2.36. The lowest BCUT2D eigenvalue weighted by Gasteiger charge is -2.16. The minimum absolute atomic E-state index is 0.397. The summed E-state index contributed by atoms with van der Waals surface area (Å²) in [5.41, 5.74) is -0.280. The molecular weight excluding hydrogens is 154 g/mol. The highest BCUT2D eigenvalue weighted by Crippen LogP contribution is 2.05. The van der Waals surface area contributed by atoms with Crippen molar-refractivity contribution in [2.24, 2.45) is 0 Å². The first-order valence-electron chi connectivity index (χ1n) is 3.66. The van der Waals surface area contributed by atoms with Gasteiger partial charge in [-0.2, -0.15) is 10.4 Å².